The first-order valence-corrected chi connectivity index (χ1v) is 6.81. The molecule has 0 bridgehead atoms. The van der Waals surface area contributed by atoms with Gasteiger partial charge in [-0.1, -0.05) is 43.5 Å². The summed E-state index contributed by atoms with van der Waals surface area (Å²) in [5.41, 5.74) is 2.52. The largest absolute Gasteiger partial charge is 0.341 e. The van der Waals surface area contributed by atoms with E-state index < -0.39 is 0 Å². The minimum absolute atomic E-state index is 0.00547. The Morgan fingerprint density at radius 1 is 1.53 bits per heavy atom. The van der Waals surface area contributed by atoms with Gasteiger partial charge in [0.15, 0.2) is 0 Å². The van der Waals surface area contributed by atoms with Gasteiger partial charge in [-0.3, -0.25) is 4.79 Å². The van der Waals surface area contributed by atoms with E-state index in [-0.39, 0.29) is 18.0 Å². The summed E-state index contributed by atoms with van der Waals surface area (Å²) < 4.78 is 0. The Bertz CT molecular complexity index is 490. The molecular weight excluding hydrogens is 236 g/mol. The van der Waals surface area contributed by atoms with Crippen LogP contribution in [0.15, 0.2) is 24.3 Å². The van der Waals surface area contributed by atoms with Crippen LogP contribution < -0.4 is 10.6 Å². The molecule has 100 valence electrons. The predicted molar refractivity (Wildman–Crippen MR) is 76.4 cm³/mol. The first-order chi connectivity index (χ1) is 9.24. The second-order valence-electron chi connectivity index (χ2n) is 4.92. The van der Waals surface area contributed by atoms with E-state index in [2.05, 4.69) is 35.6 Å². The first-order valence-electron chi connectivity index (χ1n) is 6.81. The zero-order valence-electron chi connectivity index (χ0n) is 11.3. The maximum Gasteiger partial charge on any atom is 0.238 e. The molecule has 3 heteroatoms. The van der Waals surface area contributed by atoms with Crippen LogP contribution in [0.5, 0.6) is 0 Å². The number of amides is 1. The lowest BCUT2D eigenvalue weighted by molar-refractivity contribution is -0.123. The minimum atomic E-state index is -0.178. The molecule has 0 fully saturated rings. The summed E-state index contributed by atoms with van der Waals surface area (Å²) in [6.07, 6.45) is 7.95. The maximum absolute atomic E-state index is 12.2. The van der Waals surface area contributed by atoms with Gasteiger partial charge < -0.3 is 10.6 Å². The lowest BCUT2D eigenvalue weighted by atomic mass is 9.95. The van der Waals surface area contributed by atoms with Crippen molar-refractivity contribution in [2.45, 2.75) is 44.8 Å². The van der Waals surface area contributed by atoms with Gasteiger partial charge in [0.2, 0.25) is 5.91 Å². The van der Waals surface area contributed by atoms with Crippen LogP contribution in [0.3, 0.4) is 0 Å². The number of carbonyl (C=O) groups excluding carboxylic acids is 1. The molecule has 19 heavy (non-hydrogen) atoms. The van der Waals surface area contributed by atoms with E-state index in [1.165, 1.54) is 11.1 Å². The summed E-state index contributed by atoms with van der Waals surface area (Å²) in [4.78, 5) is 12.2. The van der Waals surface area contributed by atoms with Crippen molar-refractivity contribution in [3.63, 3.8) is 0 Å². The molecule has 1 heterocycles. The van der Waals surface area contributed by atoms with Gasteiger partial charge in [-0.05, 0) is 24.0 Å². The maximum atomic E-state index is 12.2. The normalized spacial score (nSPS) is 19.1. The van der Waals surface area contributed by atoms with Gasteiger partial charge in [-0.25, -0.2) is 0 Å². The van der Waals surface area contributed by atoms with Crippen LogP contribution in [0.25, 0.3) is 0 Å². The highest BCUT2D eigenvalue weighted by atomic mass is 16.2. The van der Waals surface area contributed by atoms with Crippen LogP contribution in [-0.4, -0.2) is 18.0 Å². The van der Waals surface area contributed by atoms with E-state index >= 15 is 0 Å². The molecule has 1 amide bonds. The summed E-state index contributed by atoms with van der Waals surface area (Å²) in [7, 11) is 0. The van der Waals surface area contributed by atoms with Crippen LogP contribution in [0.1, 0.15) is 30.9 Å². The summed E-state index contributed by atoms with van der Waals surface area (Å²) in [5, 5.41) is 6.20. The molecule has 1 aliphatic heterocycles. The molecule has 2 atom stereocenters. The molecule has 2 rings (SSSR count). The van der Waals surface area contributed by atoms with Gasteiger partial charge in [-0.15, -0.1) is 6.42 Å². The Morgan fingerprint density at radius 3 is 2.95 bits per heavy atom. The molecule has 2 unspecified atom stereocenters. The lowest BCUT2D eigenvalue weighted by Crippen LogP contribution is -2.50. The number of hydrogen-bond donors (Lipinski definition) is 2. The Morgan fingerprint density at radius 2 is 2.26 bits per heavy atom. The average Bonchev–Trinajstić information content (AvgIpc) is 2.46. The van der Waals surface area contributed by atoms with Crippen molar-refractivity contribution in [1.82, 2.24) is 10.6 Å². The third kappa shape index (κ3) is 3.36. The van der Waals surface area contributed by atoms with Crippen LogP contribution >= 0.6 is 0 Å². The van der Waals surface area contributed by atoms with Gasteiger partial charge in [-0.2, -0.15) is 0 Å². The predicted octanol–water partition coefficient (Wildman–Crippen LogP) is 1.62. The summed E-state index contributed by atoms with van der Waals surface area (Å²) in [6.45, 7) is 2.80. The Balaban J connectivity index is 1.97. The van der Waals surface area contributed by atoms with Crippen molar-refractivity contribution in [1.29, 1.82) is 0 Å². The zero-order chi connectivity index (χ0) is 13.7. The fourth-order valence-corrected chi connectivity index (χ4v) is 2.40. The quantitative estimate of drug-likeness (QED) is 0.804. The smallest absolute Gasteiger partial charge is 0.238 e. The molecule has 2 N–H and O–H groups in total. The summed E-state index contributed by atoms with van der Waals surface area (Å²) in [6, 6.07) is 7.88. The number of terminal acetylenes is 1. The molecule has 1 aromatic carbocycles. The number of fused-ring (bicyclic) bond motifs is 1. The van der Waals surface area contributed by atoms with Crippen LogP contribution in [0.2, 0.25) is 0 Å². The standard InChI is InChI=1S/C16H20N2O/c1-3-7-14(4-2)18-16(19)15-10-12-8-5-6-9-13(12)11-17-15/h2,5-6,8-9,14-15,17H,3,7,10-11H2,1H3,(H,18,19). The molecule has 0 aliphatic carbocycles. The Hall–Kier alpha value is -1.79. The fraction of sp³-hybridized carbons (Fsp3) is 0.438. The topological polar surface area (TPSA) is 41.1 Å². The first kappa shape index (κ1) is 13.6. The van der Waals surface area contributed by atoms with Crippen molar-refractivity contribution >= 4 is 5.91 Å². The number of benzene rings is 1. The van der Waals surface area contributed by atoms with Gasteiger partial charge >= 0.3 is 0 Å². The molecule has 0 saturated carbocycles. The third-order valence-electron chi connectivity index (χ3n) is 3.49. The van der Waals surface area contributed by atoms with E-state index in [1.807, 2.05) is 12.1 Å². The highest BCUT2D eigenvalue weighted by molar-refractivity contribution is 5.83. The third-order valence-corrected chi connectivity index (χ3v) is 3.49. The molecule has 0 saturated heterocycles. The van der Waals surface area contributed by atoms with E-state index in [0.29, 0.717) is 0 Å². The van der Waals surface area contributed by atoms with Gasteiger partial charge in [0.1, 0.15) is 0 Å². The highest BCUT2D eigenvalue weighted by Crippen LogP contribution is 2.16. The van der Waals surface area contributed by atoms with Crippen molar-refractivity contribution in [2.75, 3.05) is 0 Å². The average molecular weight is 256 g/mol. The molecule has 0 aromatic heterocycles. The monoisotopic (exact) mass is 256 g/mol. The van der Waals surface area contributed by atoms with Crippen molar-refractivity contribution < 1.29 is 4.79 Å². The number of rotatable bonds is 4. The molecule has 1 aromatic rings. The van der Waals surface area contributed by atoms with Crippen molar-refractivity contribution in [2.24, 2.45) is 0 Å². The minimum Gasteiger partial charge on any atom is -0.341 e. The molecule has 0 radical (unpaired) electrons. The summed E-state index contributed by atoms with van der Waals surface area (Å²) in [5.74, 6) is 2.64. The van der Waals surface area contributed by atoms with E-state index in [1.54, 1.807) is 0 Å². The van der Waals surface area contributed by atoms with Crippen molar-refractivity contribution in [3.05, 3.63) is 35.4 Å². The Labute approximate surface area is 114 Å². The molecule has 0 spiro atoms. The van der Waals surface area contributed by atoms with Crippen LogP contribution in [0, 0.1) is 12.3 Å². The molecule has 1 aliphatic rings. The number of carbonyl (C=O) groups is 1. The second kappa shape index (κ2) is 6.40. The lowest BCUT2D eigenvalue weighted by Gasteiger charge is -2.26. The molecule has 3 nitrogen and oxygen atoms in total. The summed E-state index contributed by atoms with van der Waals surface area (Å²) >= 11 is 0. The van der Waals surface area contributed by atoms with Crippen LogP contribution in [-0.2, 0) is 17.8 Å². The van der Waals surface area contributed by atoms with E-state index in [0.717, 1.165) is 25.8 Å². The SMILES string of the molecule is C#CC(CCC)NC(=O)C1Cc2ccccc2CN1. The van der Waals surface area contributed by atoms with Crippen LogP contribution in [0.4, 0.5) is 0 Å². The fourth-order valence-electron chi connectivity index (χ4n) is 2.40. The zero-order valence-corrected chi connectivity index (χ0v) is 11.3. The highest BCUT2D eigenvalue weighted by Gasteiger charge is 2.24. The van der Waals surface area contributed by atoms with E-state index in [9.17, 15) is 4.79 Å². The Kier molecular flexibility index (Phi) is 4.59. The second-order valence-corrected chi connectivity index (χ2v) is 4.92. The van der Waals surface area contributed by atoms with E-state index in [4.69, 9.17) is 6.42 Å². The van der Waals surface area contributed by atoms with Crippen molar-refractivity contribution in [3.8, 4) is 12.3 Å². The molecular formula is C16H20N2O. The van der Waals surface area contributed by atoms with Gasteiger partial charge in [0.05, 0.1) is 12.1 Å². The van der Waals surface area contributed by atoms with Gasteiger partial charge in [0, 0.05) is 6.54 Å². The number of hydrogen-bond acceptors (Lipinski definition) is 2. The van der Waals surface area contributed by atoms with Gasteiger partial charge in [0.25, 0.3) is 0 Å². The number of nitrogens with one attached hydrogen (secondary N) is 2.